The molecule has 0 bridgehead atoms. The van der Waals surface area contributed by atoms with Gasteiger partial charge in [-0.1, -0.05) is 28.9 Å². The predicted octanol–water partition coefficient (Wildman–Crippen LogP) is 3.57. The third kappa shape index (κ3) is 4.09. The maximum absolute atomic E-state index is 12.9. The van der Waals surface area contributed by atoms with Crippen LogP contribution in [0, 0.1) is 20.8 Å². The lowest BCUT2D eigenvalue weighted by Crippen LogP contribution is -2.24. The van der Waals surface area contributed by atoms with Crippen molar-refractivity contribution in [2.24, 2.45) is 0 Å². The number of amides is 1. The fraction of sp³-hybridized carbons (Fsp3) is 0.261. The first-order valence-electron chi connectivity index (χ1n) is 10.1. The van der Waals surface area contributed by atoms with Crippen LogP contribution in [0.25, 0.3) is 11.0 Å². The van der Waals surface area contributed by atoms with E-state index in [0.717, 1.165) is 16.8 Å². The number of aryl methyl sites for hydroxylation is 4. The van der Waals surface area contributed by atoms with Crippen molar-refractivity contribution in [2.75, 3.05) is 5.32 Å². The Balaban J connectivity index is 1.59. The molecule has 3 aromatic heterocycles. The number of fused-ring (bicyclic) bond motifs is 1. The normalized spacial score (nSPS) is 11.1. The van der Waals surface area contributed by atoms with Gasteiger partial charge >= 0.3 is 6.01 Å². The fourth-order valence-electron chi connectivity index (χ4n) is 3.51. The van der Waals surface area contributed by atoms with Gasteiger partial charge in [-0.2, -0.15) is 0 Å². The van der Waals surface area contributed by atoms with Gasteiger partial charge in [-0.25, -0.2) is 4.98 Å². The number of aromatic nitrogens is 4. The first-order valence-corrected chi connectivity index (χ1v) is 10.1. The van der Waals surface area contributed by atoms with E-state index in [1.165, 1.54) is 11.8 Å². The van der Waals surface area contributed by atoms with Crippen LogP contribution < -0.4 is 10.7 Å². The summed E-state index contributed by atoms with van der Waals surface area (Å²) in [6.07, 6.45) is 1.97. The van der Waals surface area contributed by atoms with Gasteiger partial charge in [0.2, 0.25) is 11.3 Å². The minimum Gasteiger partial charge on any atom is -0.407 e. The Morgan fingerprint density at radius 2 is 1.94 bits per heavy atom. The molecule has 158 valence electrons. The SMILES string of the molecule is CCn1cc(C(=O)Nc2nnc(Cc3ccc(C)cc3C)o2)c(=O)c2ccc(C)nc21. The molecule has 0 unspecified atom stereocenters. The number of rotatable bonds is 5. The number of carbonyl (C=O) groups excluding carboxylic acids is 1. The van der Waals surface area contributed by atoms with E-state index in [4.69, 9.17) is 4.42 Å². The van der Waals surface area contributed by atoms with Gasteiger partial charge in [0.15, 0.2) is 0 Å². The first kappa shape index (κ1) is 20.5. The number of hydrogen-bond acceptors (Lipinski definition) is 6. The van der Waals surface area contributed by atoms with Gasteiger partial charge in [-0.15, -0.1) is 5.10 Å². The number of nitrogens with zero attached hydrogens (tertiary/aromatic N) is 4. The van der Waals surface area contributed by atoms with Crippen LogP contribution in [0.15, 0.2) is 45.7 Å². The number of benzene rings is 1. The van der Waals surface area contributed by atoms with Crippen LogP contribution >= 0.6 is 0 Å². The summed E-state index contributed by atoms with van der Waals surface area (Å²) < 4.78 is 7.37. The zero-order chi connectivity index (χ0) is 22.1. The minimum absolute atomic E-state index is 0.00543. The molecule has 8 heteroatoms. The molecule has 0 saturated carbocycles. The van der Waals surface area contributed by atoms with Crippen LogP contribution in [0.5, 0.6) is 0 Å². The molecular weight excluding hydrogens is 394 g/mol. The second kappa shape index (κ2) is 8.14. The second-order valence-corrected chi connectivity index (χ2v) is 7.54. The zero-order valence-corrected chi connectivity index (χ0v) is 17.9. The van der Waals surface area contributed by atoms with Gasteiger partial charge in [0.25, 0.3) is 5.91 Å². The Hall–Kier alpha value is -3.81. The molecule has 3 heterocycles. The monoisotopic (exact) mass is 417 g/mol. The largest absolute Gasteiger partial charge is 0.407 e. The summed E-state index contributed by atoms with van der Waals surface area (Å²) in [6.45, 7) is 8.40. The molecule has 0 fully saturated rings. The first-order chi connectivity index (χ1) is 14.9. The Morgan fingerprint density at radius 1 is 1.13 bits per heavy atom. The van der Waals surface area contributed by atoms with Crippen molar-refractivity contribution in [2.45, 2.75) is 40.7 Å². The van der Waals surface area contributed by atoms with E-state index in [2.05, 4.69) is 26.6 Å². The highest BCUT2D eigenvalue weighted by atomic mass is 16.4. The van der Waals surface area contributed by atoms with Crippen molar-refractivity contribution < 1.29 is 9.21 Å². The maximum atomic E-state index is 12.9. The molecule has 0 radical (unpaired) electrons. The average Bonchev–Trinajstić information content (AvgIpc) is 3.17. The number of nitrogens with one attached hydrogen (secondary N) is 1. The molecular formula is C23H23N5O3. The summed E-state index contributed by atoms with van der Waals surface area (Å²) in [4.78, 5) is 30.1. The minimum atomic E-state index is -0.601. The van der Waals surface area contributed by atoms with Gasteiger partial charge in [0, 0.05) is 18.4 Å². The molecule has 4 aromatic rings. The highest BCUT2D eigenvalue weighted by molar-refractivity contribution is 6.04. The van der Waals surface area contributed by atoms with Crippen molar-refractivity contribution in [1.29, 1.82) is 0 Å². The zero-order valence-electron chi connectivity index (χ0n) is 17.9. The quantitative estimate of drug-likeness (QED) is 0.532. The number of anilines is 1. The van der Waals surface area contributed by atoms with E-state index in [1.54, 1.807) is 16.7 Å². The van der Waals surface area contributed by atoms with Gasteiger partial charge in [-0.3, -0.25) is 14.9 Å². The summed E-state index contributed by atoms with van der Waals surface area (Å²) in [5.74, 6) is -0.220. The van der Waals surface area contributed by atoms with Crippen LogP contribution in [-0.2, 0) is 13.0 Å². The van der Waals surface area contributed by atoms with E-state index in [0.29, 0.717) is 29.9 Å². The van der Waals surface area contributed by atoms with Gasteiger partial charge in [-0.05, 0) is 51.0 Å². The molecule has 0 aliphatic carbocycles. The lowest BCUT2D eigenvalue weighted by molar-refractivity contribution is 0.102. The third-order valence-corrected chi connectivity index (χ3v) is 5.17. The summed E-state index contributed by atoms with van der Waals surface area (Å²) in [7, 11) is 0. The molecule has 0 saturated heterocycles. The summed E-state index contributed by atoms with van der Waals surface area (Å²) in [6, 6.07) is 9.53. The molecule has 1 aromatic carbocycles. The number of pyridine rings is 2. The van der Waals surface area contributed by atoms with E-state index < -0.39 is 5.91 Å². The van der Waals surface area contributed by atoms with Crippen molar-refractivity contribution in [3.8, 4) is 0 Å². The van der Waals surface area contributed by atoms with E-state index >= 15 is 0 Å². The Labute approximate surface area is 179 Å². The molecule has 1 N–H and O–H groups in total. The van der Waals surface area contributed by atoms with Crippen LogP contribution in [0.4, 0.5) is 6.01 Å². The van der Waals surface area contributed by atoms with Crippen molar-refractivity contribution in [3.63, 3.8) is 0 Å². The fourth-order valence-corrected chi connectivity index (χ4v) is 3.51. The molecule has 1 amide bonds. The summed E-state index contributed by atoms with van der Waals surface area (Å²) >= 11 is 0. The third-order valence-electron chi connectivity index (χ3n) is 5.17. The molecule has 0 atom stereocenters. The van der Waals surface area contributed by atoms with Gasteiger partial charge in [0.1, 0.15) is 11.2 Å². The smallest absolute Gasteiger partial charge is 0.322 e. The lowest BCUT2D eigenvalue weighted by atomic mass is 10.0. The lowest BCUT2D eigenvalue weighted by Gasteiger charge is -2.10. The summed E-state index contributed by atoms with van der Waals surface area (Å²) in [5, 5.41) is 10.8. The molecule has 31 heavy (non-hydrogen) atoms. The van der Waals surface area contributed by atoms with Crippen molar-refractivity contribution in [3.05, 3.63) is 80.6 Å². The molecule has 4 rings (SSSR count). The Kier molecular flexibility index (Phi) is 5.37. The number of hydrogen-bond donors (Lipinski definition) is 1. The average molecular weight is 417 g/mol. The Bertz CT molecular complexity index is 1350. The van der Waals surface area contributed by atoms with Crippen molar-refractivity contribution in [1.82, 2.24) is 19.7 Å². The van der Waals surface area contributed by atoms with E-state index in [9.17, 15) is 9.59 Å². The van der Waals surface area contributed by atoms with Gasteiger partial charge in [0.05, 0.1) is 11.8 Å². The molecule has 8 nitrogen and oxygen atoms in total. The van der Waals surface area contributed by atoms with Gasteiger partial charge < -0.3 is 8.98 Å². The molecule has 0 aliphatic rings. The highest BCUT2D eigenvalue weighted by Gasteiger charge is 2.18. The van der Waals surface area contributed by atoms with E-state index in [1.807, 2.05) is 39.8 Å². The molecule has 0 aliphatic heterocycles. The van der Waals surface area contributed by atoms with Crippen LogP contribution in [0.1, 0.15) is 45.6 Å². The Morgan fingerprint density at radius 3 is 2.68 bits per heavy atom. The maximum Gasteiger partial charge on any atom is 0.322 e. The standard InChI is InChI=1S/C23H23N5O3/c1-5-28-12-18(20(29)17-9-7-15(4)24-21(17)28)22(30)25-23-27-26-19(31-23)11-16-8-6-13(2)10-14(16)3/h6-10,12H,5,11H2,1-4H3,(H,25,27,30). The summed E-state index contributed by atoms with van der Waals surface area (Å²) in [5.41, 5.74) is 4.33. The van der Waals surface area contributed by atoms with E-state index in [-0.39, 0.29) is 17.0 Å². The van der Waals surface area contributed by atoms with Crippen LogP contribution in [0.2, 0.25) is 0 Å². The predicted molar refractivity (Wildman–Crippen MR) is 117 cm³/mol. The second-order valence-electron chi connectivity index (χ2n) is 7.54. The topological polar surface area (TPSA) is 103 Å². The molecule has 0 spiro atoms. The van der Waals surface area contributed by atoms with Crippen LogP contribution in [0.3, 0.4) is 0 Å². The van der Waals surface area contributed by atoms with Crippen molar-refractivity contribution >= 4 is 23.0 Å². The highest BCUT2D eigenvalue weighted by Crippen LogP contribution is 2.17. The number of carbonyl (C=O) groups is 1. The van der Waals surface area contributed by atoms with Crippen LogP contribution in [-0.4, -0.2) is 25.7 Å².